The fraction of sp³-hybridized carbons (Fsp3) is 0.350. The second-order valence-electron chi connectivity index (χ2n) is 6.32. The lowest BCUT2D eigenvalue weighted by molar-refractivity contribution is -0.145. The molecule has 25 heavy (non-hydrogen) atoms. The molecule has 0 saturated carbocycles. The van der Waals surface area contributed by atoms with E-state index in [9.17, 15) is 9.90 Å². The Morgan fingerprint density at radius 1 is 1.20 bits per heavy atom. The zero-order valence-corrected chi connectivity index (χ0v) is 14.9. The Balaban J connectivity index is 2.05. The van der Waals surface area contributed by atoms with Gasteiger partial charge in [-0.1, -0.05) is 42.3 Å². The van der Waals surface area contributed by atoms with Gasteiger partial charge in [0.15, 0.2) is 0 Å². The lowest BCUT2D eigenvalue weighted by Gasteiger charge is -2.39. The summed E-state index contributed by atoms with van der Waals surface area (Å²) in [4.78, 5) is 13.9. The predicted octanol–water partition coefficient (Wildman–Crippen LogP) is 4.38. The lowest BCUT2D eigenvalue weighted by Crippen LogP contribution is -2.46. The first-order chi connectivity index (χ1) is 12.1. The highest BCUT2D eigenvalue weighted by molar-refractivity contribution is 6.30. The van der Waals surface area contributed by atoms with Crippen molar-refractivity contribution >= 4 is 17.6 Å². The number of hydrogen-bond donors (Lipinski definition) is 1. The Morgan fingerprint density at radius 3 is 2.60 bits per heavy atom. The first-order valence-electron chi connectivity index (χ1n) is 8.48. The summed E-state index contributed by atoms with van der Waals surface area (Å²) in [6, 6.07) is 14.9. The van der Waals surface area contributed by atoms with Crippen molar-refractivity contribution in [2.45, 2.75) is 31.3 Å². The maximum absolute atomic E-state index is 11.8. The highest BCUT2D eigenvalue weighted by atomic mass is 35.5. The second kappa shape index (κ2) is 7.89. The van der Waals surface area contributed by atoms with E-state index in [1.165, 1.54) is 0 Å². The van der Waals surface area contributed by atoms with Crippen molar-refractivity contribution in [1.82, 2.24) is 4.90 Å². The molecule has 1 heterocycles. The monoisotopic (exact) mass is 359 g/mol. The third kappa shape index (κ3) is 3.97. The summed E-state index contributed by atoms with van der Waals surface area (Å²) < 4.78 is 5.25. The molecule has 2 unspecified atom stereocenters. The number of rotatable bonds is 5. The van der Waals surface area contributed by atoms with Gasteiger partial charge in [0.2, 0.25) is 0 Å². The molecule has 2 aromatic carbocycles. The Hall–Kier alpha value is -2.04. The Bertz CT molecular complexity index is 732. The molecule has 3 rings (SSSR count). The molecule has 2 atom stereocenters. The third-order valence-corrected chi connectivity index (χ3v) is 4.99. The molecular formula is C20H22ClNO3. The first-order valence-corrected chi connectivity index (χ1v) is 8.86. The molecule has 132 valence electrons. The molecule has 1 aliphatic heterocycles. The normalized spacial score (nSPS) is 19.4. The highest BCUT2D eigenvalue weighted by Gasteiger charge is 2.35. The van der Waals surface area contributed by atoms with Crippen LogP contribution in [-0.2, 0) is 4.79 Å². The van der Waals surface area contributed by atoms with Gasteiger partial charge in [-0.05, 0) is 54.8 Å². The van der Waals surface area contributed by atoms with Crippen molar-refractivity contribution in [1.29, 1.82) is 0 Å². The summed E-state index contributed by atoms with van der Waals surface area (Å²) in [7, 11) is 1.63. The van der Waals surface area contributed by atoms with Crippen molar-refractivity contribution in [3.8, 4) is 5.75 Å². The van der Waals surface area contributed by atoms with Crippen molar-refractivity contribution in [3.63, 3.8) is 0 Å². The number of benzene rings is 2. The van der Waals surface area contributed by atoms with E-state index in [0.29, 0.717) is 11.4 Å². The summed E-state index contributed by atoms with van der Waals surface area (Å²) in [6.07, 6.45) is 2.61. The summed E-state index contributed by atoms with van der Waals surface area (Å²) in [5.74, 6) is 0.0160. The van der Waals surface area contributed by atoms with Crippen LogP contribution in [-0.4, -0.2) is 35.7 Å². The summed E-state index contributed by atoms with van der Waals surface area (Å²) in [6.45, 7) is 0.750. The molecule has 0 bridgehead atoms. The van der Waals surface area contributed by atoms with Crippen molar-refractivity contribution in [2.75, 3.05) is 13.7 Å². The van der Waals surface area contributed by atoms with Crippen LogP contribution in [0, 0.1) is 0 Å². The van der Waals surface area contributed by atoms with Gasteiger partial charge in [-0.25, -0.2) is 0 Å². The average molecular weight is 360 g/mol. The standard InChI is InChI=1S/C20H22ClNO3/c1-25-17-10-8-14(9-11-17)19(15-5-4-6-16(21)13-15)22-12-3-2-7-18(22)20(23)24/h4-6,8-11,13,18-19H,2-3,7,12H2,1H3,(H,23,24). The van der Waals surface area contributed by atoms with Crippen molar-refractivity contribution in [2.24, 2.45) is 0 Å². The minimum atomic E-state index is -0.764. The minimum absolute atomic E-state index is 0.147. The van der Waals surface area contributed by atoms with E-state index >= 15 is 0 Å². The number of methoxy groups -OCH3 is 1. The molecule has 1 aliphatic rings. The van der Waals surface area contributed by atoms with Crippen molar-refractivity contribution in [3.05, 3.63) is 64.7 Å². The van der Waals surface area contributed by atoms with Crippen LogP contribution in [0.25, 0.3) is 0 Å². The van der Waals surface area contributed by atoms with Crippen LogP contribution in [0.1, 0.15) is 36.4 Å². The molecule has 4 nitrogen and oxygen atoms in total. The van der Waals surface area contributed by atoms with Gasteiger partial charge in [-0.15, -0.1) is 0 Å². The number of carboxylic acid groups (broad SMARTS) is 1. The van der Waals surface area contributed by atoms with Gasteiger partial charge in [-0.2, -0.15) is 0 Å². The number of hydrogen-bond acceptors (Lipinski definition) is 3. The Labute approximate surface area is 153 Å². The van der Waals surface area contributed by atoms with Gasteiger partial charge in [0, 0.05) is 5.02 Å². The number of likely N-dealkylation sites (tertiary alicyclic amines) is 1. The number of carbonyl (C=O) groups is 1. The van der Waals surface area contributed by atoms with Crippen LogP contribution >= 0.6 is 11.6 Å². The van der Waals surface area contributed by atoms with E-state index in [1.54, 1.807) is 7.11 Å². The summed E-state index contributed by atoms with van der Waals surface area (Å²) in [5.41, 5.74) is 2.04. The molecule has 5 heteroatoms. The second-order valence-corrected chi connectivity index (χ2v) is 6.75. The van der Waals surface area contributed by atoms with Crippen LogP contribution in [0.4, 0.5) is 0 Å². The Kier molecular flexibility index (Phi) is 5.61. The van der Waals surface area contributed by atoms with E-state index in [4.69, 9.17) is 16.3 Å². The molecule has 2 aromatic rings. The molecule has 0 amide bonds. The highest BCUT2D eigenvalue weighted by Crippen LogP contribution is 2.35. The average Bonchev–Trinajstić information content (AvgIpc) is 2.63. The van der Waals surface area contributed by atoms with E-state index in [-0.39, 0.29) is 6.04 Å². The topological polar surface area (TPSA) is 49.8 Å². The summed E-state index contributed by atoms with van der Waals surface area (Å²) in [5, 5.41) is 10.4. The van der Waals surface area contributed by atoms with Gasteiger partial charge in [-0.3, -0.25) is 9.69 Å². The molecule has 1 fully saturated rings. The number of ether oxygens (including phenoxy) is 1. The van der Waals surface area contributed by atoms with E-state index in [0.717, 1.165) is 36.3 Å². The predicted molar refractivity (Wildman–Crippen MR) is 98.3 cm³/mol. The number of carboxylic acids is 1. The molecule has 0 radical (unpaired) electrons. The molecule has 1 saturated heterocycles. The van der Waals surface area contributed by atoms with E-state index in [1.807, 2.05) is 48.5 Å². The quantitative estimate of drug-likeness (QED) is 0.860. The molecule has 1 N–H and O–H groups in total. The lowest BCUT2D eigenvalue weighted by atomic mass is 9.91. The maximum Gasteiger partial charge on any atom is 0.320 e. The van der Waals surface area contributed by atoms with E-state index in [2.05, 4.69) is 4.90 Å². The summed E-state index contributed by atoms with van der Waals surface area (Å²) >= 11 is 6.21. The van der Waals surface area contributed by atoms with Gasteiger partial charge in [0.05, 0.1) is 13.2 Å². The molecule has 0 spiro atoms. The van der Waals surface area contributed by atoms with E-state index < -0.39 is 12.0 Å². The Morgan fingerprint density at radius 2 is 1.96 bits per heavy atom. The van der Waals surface area contributed by atoms with Crippen LogP contribution < -0.4 is 4.74 Å². The number of piperidine rings is 1. The first kappa shape index (κ1) is 17.8. The van der Waals surface area contributed by atoms with Crippen LogP contribution in [0.3, 0.4) is 0 Å². The van der Waals surface area contributed by atoms with Crippen LogP contribution in [0.2, 0.25) is 5.02 Å². The van der Waals surface area contributed by atoms with Crippen LogP contribution in [0.5, 0.6) is 5.75 Å². The number of aliphatic carboxylic acids is 1. The van der Waals surface area contributed by atoms with Crippen molar-refractivity contribution < 1.29 is 14.6 Å². The third-order valence-electron chi connectivity index (χ3n) is 4.76. The van der Waals surface area contributed by atoms with Gasteiger partial charge in [0.25, 0.3) is 0 Å². The minimum Gasteiger partial charge on any atom is -0.497 e. The molecule has 0 aliphatic carbocycles. The zero-order valence-electron chi connectivity index (χ0n) is 14.2. The van der Waals surface area contributed by atoms with Gasteiger partial charge >= 0.3 is 5.97 Å². The molecule has 0 aromatic heterocycles. The molecular weight excluding hydrogens is 338 g/mol. The largest absolute Gasteiger partial charge is 0.497 e. The SMILES string of the molecule is COc1ccc(C(c2cccc(Cl)c2)N2CCCCC2C(=O)O)cc1. The van der Waals surface area contributed by atoms with Gasteiger partial charge < -0.3 is 9.84 Å². The zero-order chi connectivity index (χ0) is 17.8. The fourth-order valence-electron chi connectivity index (χ4n) is 3.57. The number of halogens is 1. The van der Waals surface area contributed by atoms with Gasteiger partial charge in [0.1, 0.15) is 11.8 Å². The maximum atomic E-state index is 11.8. The van der Waals surface area contributed by atoms with Crippen LogP contribution in [0.15, 0.2) is 48.5 Å². The fourth-order valence-corrected chi connectivity index (χ4v) is 3.77. The smallest absolute Gasteiger partial charge is 0.320 e. The number of nitrogens with zero attached hydrogens (tertiary/aromatic N) is 1.